The summed E-state index contributed by atoms with van der Waals surface area (Å²) in [4.78, 5) is 2.06. The second kappa shape index (κ2) is 7.14. The third-order valence-electron chi connectivity index (χ3n) is 2.29. The molecule has 0 heterocycles. The van der Waals surface area contributed by atoms with Gasteiger partial charge >= 0.3 is 0 Å². The van der Waals surface area contributed by atoms with Crippen molar-refractivity contribution in [1.29, 1.82) is 0 Å². The Bertz CT molecular complexity index is 339. The first-order chi connectivity index (χ1) is 8.17. The molecule has 4 nitrogen and oxygen atoms in total. The zero-order valence-corrected chi connectivity index (χ0v) is 10.8. The molecule has 0 radical (unpaired) electrons. The molecule has 0 aromatic heterocycles. The van der Waals surface area contributed by atoms with Gasteiger partial charge in [0.05, 0.1) is 13.2 Å². The highest BCUT2D eigenvalue weighted by molar-refractivity contribution is 5.42. The van der Waals surface area contributed by atoms with E-state index < -0.39 is 0 Å². The van der Waals surface area contributed by atoms with Gasteiger partial charge in [-0.2, -0.15) is 0 Å². The Morgan fingerprint density at radius 1 is 1.18 bits per heavy atom. The van der Waals surface area contributed by atoms with E-state index in [-0.39, 0.29) is 6.61 Å². The minimum absolute atomic E-state index is 0.0120. The van der Waals surface area contributed by atoms with E-state index in [2.05, 4.69) is 4.90 Å². The molecule has 4 heteroatoms. The van der Waals surface area contributed by atoms with Crippen molar-refractivity contribution in [3.63, 3.8) is 0 Å². The van der Waals surface area contributed by atoms with Crippen LogP contribution in [0.4, 0.5) is 0 Å². The molecule has 0 aliphatic rings. The van der Waals surface area contributed by atoms with Crippen LogP contribution in [0, 0.1) is 0 Å². The van der Waals surface area contributed by atoms with Crippen molar-refractivity contribution >= 4 is 0 Å². The number of nitrogens with zero attached hydrogens (tertiary/aromatic N) is 1. The number of benzene rings is 1. The molecule has 0 saturated heterocycles. The fourth-order valence-corrected chi connectivity index (χ4v) is 1.38. The molecule has 0 aliphatic heterocycles. The van der Waals surface area contributed by atoms with Crippen LogP contribution >= 0.6 is 0 Å². The minimum atomic E-state index is 0.0120. The maximum atomic E-state index is 9.07. The Morgan fingerprint density at radius 2 is 1.94 bits per heavy atom. The quantitative estimate of drug-likeness (QED) is 0.783. The van der Waals surface area contributed by atoms with Crippen molar-refractivity contribution in [2.75, 3.05) is 33.9 Å². The van der Waals surface area contributed by atoms with E-state index >= 15 is 0 Å². The molecule has 0 unspecified atom stereocenters. The van der Waals surface area contributed by atoms with Gasteiger partial charge in [-0.3, -0.25) is 0 Å². The number of likely N-dealkylation sites (N-methyl/N-ethyl adjacent to an activating group) is 1. The van der Waals surface area contributed by atoms with Crippen molar-refractivity contribution in [2.45, 2.75) is 13.5 Å². The third-order valence-corrected chi connectivity index (χ3v) is 2.29. The normalized spacial score (nSPS) is 10.6. The predicted molar refractivity (Wildman–Crippen MR) is 67.6 cm³/mol. The molecule has 1 rings (SSSR count). The van der Waals surface area contributed by atoms with E-state index in [1.165, 1.54) is 0 Å². The first-order valence-electron chi connectivity index (χ1n) is 5.81. The van der Waals surface area contributed by atoms with Gasteiger partial charge in [0.15, 0.2) is 11.5 Å². The van der Waals surface area contributed by atoms with Gasteiger partial charge in [-0.05, 0) is 38.7 Å². The molecule has 96 valence electrons. The average molecular weight is 239 g/mol. The van der Waals surface area contributed by atoms with Crippen LogP contribution in [-0.4, -0.2) is 43.9 Å². The number of aliphatic hydroxyl groups is 1. The smallest absolute Gasteiger partial charge is 0.161 e. The van der Waals surface area contributed by atoms with Gasteiger partial charge in [-0.1, -0.05) is 6.07 Å². The number of hydrogen-bond acceptors (Lipinski definition) is 4. The largest absolute Gasteiger partial charge is 0.490 e. The van der Waals surface area contributed by atoms with Gasteiger partial charge in [0, 0.05) is 6.54 Å². The summed E-state index contributed by atoms with van der Waals surface area (Å²) in [5.41, 5.74) is 0.827. The third kappa shape index (κ3) is 4.63. The highest BCUT2D eigenvalue weighted by atomic mass is 16.5. The second-order valence-corrected chi connectivity index (χ2v) is 4.02. The predicted octanol–water partition coefficient (Wildman–Crippen LogP) is 1.52. The lowest BCUT2D eigenvalue weighted by Crippen LogP contribution is -2.19. The van der Waals surface area contributed by atoms with Gasteiger partial charge in [0.25, 0.3) is 0 Å². The van der Waals surface area contributed by atoms with Crippen LogP contribution < -0.4 is 9.47 Å². The summed E-state index contributed by atoms with van der Waals surface area (Å²) >= 11 is 0. The van der Waals surface area contributed by atoms with Gasteiger partial charge < -0.3 is 19.5 Å². The Hall–Kier alpha value is -1.26. The Labute approximate surface area is 103 Å². The van der Waals surface area contributed by atoms with Gasteiger partial charge in [-0.25, -0.2) is 0 Å². The van der Waals surface area contributed by atoms with Crippen molar-refractivity contribution in [1.82, 2.24) is 4.90 Å². The maximum absolute atomic E-state index is 9.07. The molecule has 1 N–H and O–H groups in total. The van der Waals surface area contributed by atoms with Crippen LogP contribution in [-0.2, 0) is 6.61 Å². The zero-order chi connectivity index (χ0) is 12.7. The maximum Gasteiger partial charge on any atom is 0.161 e. The van der Waals surface area contributed by atoms with E-state index in [0.29, 0.717) is 19.0 Å². The van der Waals surface area contributed by atoms with Crippen LogP contribution in [0.2, 0.25) is 0 Å². The summed E-state index contributed by atoms with van der Waals surface area (Å²) in [7, 11) is 4.00. The molecule has 0 atom stereocenters. The first-order valence-corrected chi connectivity index (χ1v) is 5.81. The highest BCUT2D eigenvalue weighted by Crippen LogP contribution is 2.28. The molecular weight excluding hydrogens is 218 g/mol. The molecule has 17 heavy (non-hydrogen) atoms. The van der Waals surface area contributed by atoms with Gasteiger partial charge in [0.2, 0.25) is 0 Å². The lowest BCUT2D eigenvalue weighted by Gasteiger charge is -2.14. The van der Waals surface area contributed by atoms with E-state index in [0.717, 1.165) is 17.9 Å². The minimum Gasteiger partial charge on any atom is -0.490 e. The van der Waals surface area contributed by atoms with Crippen LogP contribution in [0.3, 0.4) is 0 Å². The SMILES string of the molecule is CCOc1cc(CO)ccc1OCCN(C)C. The molecular formula is C13H21NO3. The topological polar surface area (TPSA) is 41.9 Å². The molecule has 0 saturated carbocycles. The number of aliphatic hydroxyl groups excluding tert-OH is 1. The first kappa shape index (κ1) is 13.8. The summed E-state index contributed by atoms with van der Waals surface area (Å²) in [6.45, 7) is 3.99. The number of rotatable bonds is 7. The molecule has 0 fully saturated rings. The summed E-state index contributed by atoms with van der Waals surface area (Å²) < 4.78 is 11.1. The molecule has 0 aliphatic carbocycles. The summed E-state index contributed by atoms with van der Waals surface area (Å²) in [5.74, 6) is 1.42. The van der Waals surface area contributed by atoms with Crippen LogP contribution in [0.25, 0.3) is 0 Å². The Kier molecular flexibility index (Phi) is 5.80. The van der Waals surface area contributed by atoms with Gasteiger partial charge in [-0.15, -0.1) is 0 Å². The average Bonchev–Trinajstić information content (AvgIpc) is 2.31. The van der Waals surface area contributed by atoms with Crippen molar-refractivity contribution in [3.05, 3.63) is 23.8 Å². The summed E-state index contributed by atoms with van der Waals surface area (Å²) in [5, 5.41) is 9.07. The Morgan fingerprint density at radius 3 is 2.53 bits per heavy atom. The lowest BCUT2D eigenvalue weighted by atomic mass is 10.2. The highest BCUT2D eigenvalue weighted by Gasteiger charge is 2.06. The van der Waals surface area contributed by atoms with Crippen LogP contribution in [0.5, 0.6) is 11.5 Å². The van der Waals surface area contributed by atoms with Gasteiger partial charge in [0.1, 0.15) is 6.61 Å². The van der Waals surface area contributed by atoms with Crippen molar-refractivity contribution in [3.8, 4) is 11.5 Å². The fourth-order valence-electron chi connectivity index (χ4n) is 1.38. The van der Waals surface area contributed by atoms with Crippen LogP contribution in [0.15, 0.2) is 18.2 Å². The van der Waals surface area contributed by atoms with Crippen molar-refractivity contribution < 1.29 is 14.6 Å². The second-order valence-electron chi connectivity index (χ2n) is 4.02. The molecule has 0 bridgehead atoms. The van der Waals surface area contributed by atoms with Crippen molar-refractivity contribution in [2.24, 2.45) is 0 Å². The zero-order valence-electron chi connectivity index (χ0n) is 10.8. The Balaban J connectivity index is 2.68. The lowest BCUT2D eigenvalue weighted by molar-refractivity contribution is 0.242. The standard InChI is InChI=1S/C13H21NO3/c1-4-16-13-9-11(10-15)5-6-12(13)17-8-7-14(2)3/h5-6,9,15H,4,7-8,10H2,1-3H3. The monoisotopic (exact) mass is 239 g/mol. The summed E-state index contributed by atoms with van der Waals surface area (Å²) in [6.07, 6.45) is 0. The number of hydrogen-bond donors (Lipinski definition) is 1. The van der Waals surface area contributed by atoms with Crippen LogP contribution in [0.1, 0.15) is 12.5 Å². The van der Waals surface area contributed by atoms with E-state index in [1.807, 2.05) is 39.2 Å². The summed E-state index contributed by atoms with van der Waals surface area (Å²) in [6, 6.07) is 5.49. The molecule has 0 spiro atoms. The molecule has 0 amide bonds. The van der Waals surface area contributed by atoms with E-state index in [4.69, 9.17) is 14.6 Å². The number of ether oxygens (including phenoxy) is 2. The fraction of sp³-hybridized carbons (Fsp3) is 0.538. The molecule has 1 aromatic carbocycles. The van der Waals surface area contributed by atoms with E-state index in [9.17, 15) is 0 Å². The van der Waals surface area contributed by atoms with E-state index in [1.54, 1.807) is 0 Å². The molecule has 1 aromatic rings.